The van der Waals surface area contributed by atoms with Crippen LogP contribution in [-0.4, -0.2) is 37.2 Å². The minimum Gasteiger partial charge on any atom is -0.462 e. The van der Waals surface area contributed by atoms with Gasteiger partial charge >= 0.3 is 17.9 Å². The second kappa shape index (κ2) is 64.3. The number of unbranched alkanes of at least 4 members (excludes halogenated alkanes) is 26. The Morgan fingerprint density at radius 1 is 0.273 bits per heavy atom. The van der Waals surface area contributed by atoms with E-state index < -0.39 is 6.10 Å². The van der Waals surface area contributed by atoms with Crippen LogP contribution in [-0.2, 0) is 28.6 Å². The van der Waals surface area contributed by atoms with Gasteiger partial charge in [-0.2, -0.15) is 0 Å². The molecule has 1 unspecified atom stereocenters. The Balaban J connectivity index is 4.36. The third kappa shape index (κ3) is 62.5. The van der Waals surface area contributed by atoms with Gasteiger partial charge in [0.1, 0.15) is 13.2 Å². The summed E-state index contributed by atoms with van der Waals surface area (Å²) in [6.45, 7) is 6.38. The molecular weight excluding hydrogens is 949 g/mol. The average molecular weight is 1070 g/mol. The summed E-state index contributed by atoms with van der Waals surface area (Å²) < 4.78 is 16.9. The first-order chi connectivity index (χ1) is 38.0. The molecule has 77 heavy (non-hydrogen) atoms. The first kappa shape index (κ1) is 72.8. The first-order valence-corrected chi connectivity index (χ1v) is 32.0. The molecule has 0 aromatic carbocycles. The van der Waals surface area contributed by atoms with Gasteiger partial charge in [-0.05, 0) is 128 Å². The lowest BCUT2D eigenvalue weighted by Crippen LogP contribution is -2.30. The molecule has 0 heterocycles. The van der Waals surface area contributed by atoms with Gasteiger partial charge in [0.2, 0.25) is 0 Å². The van der Waals surface area contributed by atoms with Gasteiger partial charge in [0.25, 0.3) is 0 Å². The third-order valence-corrected chi connectivity index (χ3v) is 13.4. The second-order valence-electron chi connectivity index (χ2n) is 20.9. The van der Waals surface area contributed by atoms with E-state index in [1.165, 1.54) is 103 Å². The fourth-order valence-electron chi connectivity index (χ4n) is 8.69. The van der Waals surface area contributed by atoms with Crippen molar-refractivity contribution in [3.05, 3.63) is 122 Å². The molecule has 0 spiro atoms. The average Bonchev–Trinajstić information content (AvgIpc) is 3.43. The SMILES string of the molecule is CC/C=C\C/C=C\C/C=C\C/C=C\CCCCCCC(=O)OC(COC(=O)CCCCCCC/C=C\C/C=C\C/C=C\CC)COC(=O)CCCCCCCCCCCCCC/C=C\C/C=C\C/C=C\CCCCCCC. The van der Waals surface area contributed by atoms with E-state index in [9.17, 15) is 14.4 Å². The molecule has 0 fully saturated rings. The number of rotatable bonds is 57. The lowest BCUT2D eigenvalue weighted by molar-refractivity contribution is -0.167. The fourth-order valence-corrected chi connectivity index (χ4v) is 8.69. The minimum absolute atomic E-state index is 0.0968. The predicted molar refractivity (Wildman–Crippen MR) is 334 cm³/mol. The van der Waals surface area contributed by atoms with Crippen LogP contribution in [0.2, 0.25) is 0 Å². The number of esters is 3. The Morgan fingerprint density at radius 2 is 0.506 bits per heavy atom. The van der Waals surface area contributed by atoms with Crippen LogP contribution in [0.3, 0.4) is 0 Å². The molecule has 0 aliphatic heterocycles. The molecule has 0 saturated heterocycles. The van der Waals surface area contributed by atoms with Gasteiger partial charge in [-0.1, -0.05) is 264 Å². The molecule has 0 saturated carbocycles. The van der Waals surface area contributed by atoms with Crippen molar-refractivity contribution in [1.29, 1.82) is 0 Å². The zero-order valence-corrected chi connectivity index (χ0v) is 50.2. The molecule has 0 rings (SSSR count). The fraction of sp³-hybridized carbons (Fsp3) is 0.676. The largest absolute Gasteiger partial charge is 0.462 e. The summed E-state index contributed by atoms with van der Waals surface area (Å²) >= 11 is 0. The summed E-state index contributed by atoms with van der Waals surface area (Å²) in [6.07, 6.45) is 89.2. The maximum atomic E-state index is 12.9. The highest BCUT2D eigenvalue weighted by atomic mass is 16.6. The predicted octanol–water partition coefficient (Wildman–Crippen LogP) is 22.0. The lowest BCUT2D eigenvalue weighted by Gasteiger charge is -2.18. The molecule has 438 valence electrons. The zero-order chi connectivity index (χ0) is 55.7. The molecule has 0 aromatic rings. The van der Waals surface area contributed by atoms with Gasteiger partial charge in [-0.15, -0.1) is 0 Å². The molecule has 0 aliphatic carbocycles. The van der Waals surface area contributed by atoms with Gasteiger partial charge in [-0.25, -0.2) is 0 Å². The first-order valence-electron chi connectivity index (χ1n) is 32.0. The van der Waals surface area contributed by atoms with Crippen molar-refractivity contribution in [3.8, 4) is 0 Å². The molecule has 6 nitrogen and oxygen atoms in total. The summed E-state index contributed by atoms with van der Waals surface area (Å²) in [6, 6.07) is 0. The van der Waals surface area contributed by atoms with E-state index in [-0.39, 0.29) is 31.1 Å². The van der Waals surface area contributed by atoms with Crippen LogP contribution < -0.4 is 0 Å². The van der Waals surface area contributed by atoms with Crippen LogP contribution in [0.5, 0.6) is 0 Å². The molecule has 0 radical (unpaired) electrons. The molecule has 6 heteroatoms. The Kier molecular flexibility index (Phi) is 60.8. The van der Waals surface area contributed by atoms with Crippen molar-refractivity contribution in [2.24, 2.45) is 0 Å². The summed E-state index contributed by atoms with van der Waals surface area (Å²) in [5.74, 6) is -0.936. The number of hydrogen-bond donors (Lipinski definition) is 0. The number of hydrogen-bond acceptors (Lipinski definition) is 6. The molecule has 0 aromatic heterocycles. The second-order valence-corrected chi connectivity index (χ2v) is 20.9. The number of carbonyl (C=O) groups is 3. The summed E-state index contributed by atoms with van der Waals surface area (Å²) in [4.78, 5) is 38.3. The topological polar surface area (TPSA) is 78.9 Å². The van der Waals surface area contributed by atoms with Gasteiger partial charge in [-0.3, -0.25) is 14.4 Å². The maximum absolute atomic E-state index is 12.9. The van der Waals surface area contributed by atoms with E-state index in [4.69, 9.17) is 14.2 Å². The number of allylic oxidation sites excluding steroid dienone is 20. The summed E-state index contributed by atoms with van der Waals surface area (Å²) in [7, 11) is 0. The van der Waals surface area contributed by atoms with Crippen LogP contribution in [0.4, 0.5) is 0 Å². The normalized spacial score (nSPS) is 12.9. The van der Waals surface area contributed by atoms with Crippen LogP contribution in [0.15, 0.2) is 122 Å². The van der Waals surface area contributed by atoms with E-state index in [1.54, 1.807) is 0 Å². The van der Waals surface area contributed by atoms with Gasteiger partial charge in [0.05, 0.1) is 0 Å². The Bertz CT molecular complexity index is 1600. The number of carbonyl (C=O) groups excluding carboxylic acids is 3. The van der Waals surface area contributed by atoms with Gasteiger partial charge in [0, 0.05) is 19.3 Å². The molecule has 0 bridgehead atoms. The van der Waals surface area contributed by atoms with Crippen molar-refractivity contribution < 1.29 is 28.6 Å². The smallest absolute Gasteiger partial charge is 0.306 e. The van der Waals surface area contributed by atoms with Crippen molar-refractivity contribution in [2.45, 2.75) is 297 Å². The van der Waals surface area contributed by atoms with Crippen LogP contribution in [0.25, 0.3) is 0 Å². The highest BCUT2D eigenvalue weighted by molar-refractivity contribution is 5.71. The Labute approximate surface area is 475 Å². The van der Waals surface area contributed by atoms with Gasteiger partial charge in [0.15, 0.2) is 6.10 Å². The standard InChI is InChI=1S/C71H118O6/c1-4-7-10-13-16-19-22-25-28-30-31-32-33-34-35-36-37-38-39-41-43-46-49-52-55-58-61-64-70(73)76-67-68(66-75-69(72)63-60-57-54-51-48-45-42-27-24-21-18-15-12-9-6-3)77-71(74)65-62-59-56-53-50-47-44-40-29-26-23-20-17-14-11-8-5-2/h8-9,11-12,17-18,20-22,25-27,29-31,33-34,42,44,47,68H,4-7,10,13-16,19,23-24,28,32,35-41,43,45-46,48-67H2,1-3H3/b11-8-,12-9-,20-17-,21-18-,25-22-,29-26-,31-30-,34-33-,42-27-,47-44-. The van der Waals surface area contributed by atoms with Crippen molar-refractivity contribution in [3.63, 3.8) is 0 Å². The van der Waals surface area contributed by atoms with E-state index in [1.807, 2.05) is 0 Å². The summed E-state index contributed by atoms with van der Waals surface area (Å²) in [5, 5.41) is 0. The Hall–Kier alpha value is -4.19. The maximum Gasteiger partial charge on any atom is 0.306 e. The molecular formula is C71H118O6. The third-order valence-electron chi connectivity index (χ3n) is 13.4. The van der Waals surface area contributed by atoms with E-state index in [0.717, 1.165) is 148 Å². The van der Waals surface area contributed by atoms with Crippen molar-refractivity contribution in [2.75, 3.05) is 13.2 Å². The van der Waals surface area contributed by atoms with Crippen molar-refractivity contribution >= 4 is 17.9 Å². The van der Waals surface area contributed by atoms with E-state index >= 15 is 0 Å². The molecule has 1 atom stereocenters. The lowest BCUT2D eigenvalue weighted by atomic mass is 10.0. The van der Waals surface area contributed by atoms with E-state index in [2.05, 4.69) is 142 Å². The van der Waals surface area contributed by atoms with Crippen LogP contribution >= 0.6 is 0 Å². The molecule has 0 aliphatic rings. The number of ether oxygens (including phenoxy) is 3. The van der Waals surface area contributed by atoms with Crippen LogP contribution in [0.1, 0.15) is 290 Å². The highest BCUT2D eigenvalue weighted by Gasteiger charge is 2.19. The van der Waals surface area contributed by atoms with Gasteiger partial charge < -0.3 is 14.2 Å². The minimum atomic E-state index is -0.804. The summed E-state index contributed by atoms with van der Waals surface area (Å²) in [5.41, 5.74) is 0. The molecule has 0 N–H and O–H groups in total. The highest BCUT2D eigenvalue weighted by Crippen LogP contribution is 2.15. The zero-order valence-electron chi connectivity index (χ0n) is 50.2. The van der Waals surface area contributed by atoms with Crippen LogP contribution in [0, 0.1) is 0 Å². The van der Waals surface area contributed by atoms with Crippen molar-refractivity contribution in [1.82, 2.24) is 0 Å². The Morgan fingerprint density at radius 3 is 0.792 bits per heavy atom. The van der Waals surface area contributed by atoms with E-state index in [0.29, 0.717) is 19.3 Å². The monoisotopic (exact) mass is 1070 g/mol. The quantitative estimate of drug-likeness (QED) is 0.0261. The molecule has 0 amide bonds.